The van der Waals surface area contributed by atoms with Crippen LogP contribution in [0, 0.1) is 0 Å². The summed E-state index contributed by atoms with van der Waals surface area (Å²) >= 11 is 0. The maximum absolute atomic E-state index is 11.1. The van der Waals surface area contributed by atoms with E-state index in [1.54, 1.807) is 0 Å². The van der Waals surface area contributed by atoms with Gasteiger partial charge in [0.2, 0.25) is 0 Å². The normalized spacial score (nSPS) is 11.2. The van der Waals surface area contributed by atoms with Gasteiger partial charge in [-0.1, -0.05) is 89.0 Å². The number of hydrogen-bond donors (Lipinski definition) is 2. The highest BCUT2D eigenvalue weighted by atomic mass is 31.1. The van der Waals surface area contributed by atoms with E-state index in [1.807, 2.05) is 0 Å². The molecule has 1 unspecified atom stereocenters. The fourth-order valence-electron chi connectivity index (χ4n) is 2.24. The molecular formula is C22H30NO4P. The van der Waals surface area contributed by atoms with E-state index < -0.39 is 12.0 Å². The molecule has 3 N–H and O–H groups in total. The minimum atomic E-state index is -1.16. The number of benzene rings is 2. The van der Waals surface area contributed by atoms with E-state index in [-0.39, 0.29) is 18.8 Å². The molecule has 28 heavy (non-hydrogen) atoms. The summed E-state index contributed by atoms with van der Waals surface area (Å²) in [6.45, 7) is 2.59. The number of Topliss-reactive ketones (excluding diaryl/α,β-unsaturated/α-hetero) is 1. The molecule has 2 rings (SSSR count). The molecule has 0 fully saturated rings. The summed E-state index contributed by atoms with van der Waals surface area (Å²) in [7, 11) is 0.777. The van der Waals surface area contributed by atoms with E-state index in [0.717, 1.165) is 27.8 Å². The molecule has 2 aromatic carbocycles. The zero-order chi connectivity index (χ0) is 20.6. The molecule has 0 radical (unpaired) electrons. The average molecular weight is 403 g/mol. The molecule has 1 atom stereocenters. The third kappa shape index (κ3) is 11.6. The summed E-state index contributed by atoms with van der Waals surface area (Å²) in [5.74, 6) is -1.42. The van der Waals surface area contributed by atoms with Crippen molar-refractivity contribution in [1.82, 2.24) is 0 Å². The van der Waals surface area contributed by atoms with Gasteiger partial charge in [0.05, 0.1) is 0 Å². The standard InChI is InChI=1S/C12H11P.C10H19NO4/c1-3-7-11(8-4-1)13-12-9-5-2-6-10-12;1-2-3-4-5-15-7-8(12)6-9(11)10(13)14/h1-10,13H;9H,2-7,11H2,1H3,(H,13,14). The number of carbonyl (C=O) groups is 2. The lowest BCUT2D eigenvalue weighted by atomic mass is 10.1. The van der Waals surface area contributed by atoms with Gasteiger partial charge in [0.15, 0.2) is 5.78 Å². The van der Waals surface area contributed by atoms with Gasteiger partial charge < -0.3 is 15.6 Å². The first-order valence-corrected chi connectivity index (χ1v) is 10.5. The summed E-state index contributed by atoms with van der Waals surface area (Å²) in [5, 5.41) is 11.2. The highest BCUT2D eigenvalue weighted by molar-refractivity contribution is 7.55. The Labute approximate surface area is 169 Å². The molecule has 0 aliphatic carbocycles. The second-order valence-corrected chi connectivity index (χ2v) is 7.71. The van der Waals surface area contributed by atoms with Crippen LogP contribution in [0.4, 0.5) is 0 Å². The van der Waals surface area contributed by atoms with E-state index in [9.17, 15) is 9.59 Å². The van der Waals surface area contributed by atoms with Gasteiger partial charge in [-0.15, -0.1) is 0 Å². The quantitative estimate of drug-likeness (QED) is 0.445. The lowest BCUT2D eigenvalue weighted by molar-refractivity contribution is -0.140. The minimum absolute atomic E-state index is 0.0370. The monoisotopic (exact) mass is 403 g/mol. The fraction of sp³-hybridized carbons (Fsp3) is 0.364. The third-order valence-corrected chi connectivity index (χ3v) is 5.00. The molecule has 0 bridgehead atoms. The maximum Gasteiger partial charge on any atom is 0.320 e. The minimum Gasteiger partial charge on any atom is -0.480 e. The Bertz CT molecular complexity index is 642. The summed E-state index contributed by atoms with van der Waals surface area (Å²) < 4.78 is 5.08. The van der Waals surface area contributed by atoms with Gasteiger partial charge in [-0.25, -0.2) is 0 Å². The average Bonchev–Trinajstić information content (AvgIpc) is 2.70. The van der Waals surface area contributed by atoms with Gasteiger partial charge in [0.25, 0.3) is 0 Å². The molecule has 0 spiro atoms. The van der Waals surface area contributed by atoms with E-state index in [0.29, 0.717) is 6.61 Å². The van der Waals surface area contributed by atoms with Crippen molar-refractivity contribution in [1.29, 1.82) is 0 Å². The lowest BCUT2D eigenvalue weighted by Crippen LogP contribution is -2.33. The zero-order valence-corrected chi connectivity index (χ0v) is 17.3. The van der Waals surface area contributed by atoms with Crippen molar-refractivity contribution in [2.75, 3.05) is 13.2 Å². The molecule has 0 saturated heterocycles. The van der Waals surface area contributed by atoms with Gasteiger partial charge in [-0.05, 0) is 17.0 Å². The fourth-order valence-corrected chi connectivity index (χ4v) is 3.29. The Balaban J connectivity index is 0.000000281. The van der Waals surface area contributed by atoms with Crippen LogP contribution in [0.2, 0.25) is 0 Å². The van der Waals surface area contributed by atoms with E-state index in [2.05, 4.69) is 67.6 Å². The van der Waals surface area contributed by atoms with Crippen LogP contribution >= 0.6 is 8.58 Å². The second kappa shape index (κ2) is 14.9. The Morgan fingerprint density at radius 3 is 2.00 bits per heavy atom. The van der Waals surface area contributed by atoms with Crippen LogP contribution in [0.25, 0.3) is 0 Å². The van der Waals surface area contributed by atoms with Gasteiger partial charge in [-0.3, -0.25) is 9.59 Å². The van der Waals surface area contributed by atoms with Gasteiger partial charge in [0.1, 0.15) is 12.6 Å². The molecule has 2 aromatic rings. The molecule has 0 aromatic heterocycles. The van der Waals surface area contributed by atoms with Crippen molar-refractivity contribution in [3.63, 3.8) is 0 Å². The molecule has 0 heterocycles. The first kappa shape index (κ1) is 24.0. The van der Waals surface area contributed by atoms with Crippen molar-refractivity contribution in [3.05, 3.63) is 60.7 Å². The topological polar surface area (TPSA) is 89.6 Å². The SMILES string of the molecule is CCCCCOCC(=O)CC(N)C(=O)O.c1ccc(Pc2ccccc2)cc1. The lowest BCUT2D eigenvalue weighted by Gasteiger charge is -2.06. The van der Waals surface area contributed by atoms with Crippen LogP contribution in [0.5, 0.6) is 0 Å². The number of unbranched alkanes of at least 4 members (excludes halogenated alkanes) is 2. The second-order valence-electron chi connectivity index (χ2n) is 6.30. The number of carbonyl (C=O) groups excluding carboxylic acids is 1. The number of carboxylic acid groups (broad SMARTS) is 1. The highest BCUT2D eigenvalue weighted by Crippen LogP contribution is 2.08. The zero-order valence-electron chi connectivity index (χ0n) is 16.3. The molecule has 0 aliphatic heterocycles. The van der Waals surface area contributed by atoms with E-state index >= 15 is 0 Å². The van der Waals surface area contributed by atoms with Gasteiger partial charge in [-0.2, -0.15) is 0 Å². The van der Waals surface area contributed by atoms with Crippen molar-refractivity contribution in [2.45, 2.75) is 38.6 Å². The number of nitrogens with two attached hydrogens (primary N) is 1. The maximum atomic E-state index is 11.1. The van der Waals surface area contributed by atoms with Crippen LogP contribution in [-0.2, 0) is 14.3 Å². The summed E-state index contributed by atoms with van der Waals surface area (Å²) in [6, 6.07) is 20.0. The van der Waals surface area contributed by atoms with E-state index in [4.69, 9.17) is 15.6 Å². The first-order valence-electron chi connectivity index (χ1n) is 9.48. The van der Waals surface area contributed by atoms with Crippen molar-refractivity contribution < 1.29 is 19.4 Å². The van der Waals surface area contributed by atoms with Gasteiger partial charge >= 0.3 is 5.97 Å². The first-order chi connectivity index (χ1) is 13.5. The van der Waals surface area contributed by atoms with Crippen LogP contribution in [0.1, 0.15) is 32.6 Å². The predicted molar refractivity (Wildman–Crippen MR) is 116 cm³/mol. The number of hydrogen-bond acceptors (Lipinski definition) is 4. The van der Waals surface area contributed by atoms with Gasteiger partial charge in [0, 0.05) is 13.0 Å². The Morgan fingerprint density at radius 1 is 1.00 bits per heavy atom. The van der Waals surface area contributed by atoms with Crippen molar-refractivity contribution in [3.8, 4) is 0 Å². The van der Waals surface area contributed by atoms with Crippen molar-refractivity contribution in [2.24, 2.45) is 5.73 Å². The summed E-state index contributed by atoms with van der Waals surface area (Å²) in [6.07, 6.45) is 2.93. The Kier molecular flexibility index (Phi) is 12.8. The van der Waals surface area contributed by atoms with Crippen LogP contribution in [-0.4, -0.2) is 36.1 Å². The smallest absolute Gasteiger partial charge is 0.320 e. The number of carboxylic acids is 1. The van der Waals surface area contributed by atoms with Crippen LogP contribution in [0.3, 0.4) is 0 Å². The van der Waals surface area contributed by atoms with E-state index in [1.165, 1.54) is 10.6 Å². The third-order valence-electron chi connectivity index (χ3n) is 3.76. The van der Waals surface area contributed by atoms with Crippen molar-refractivity contribution >= 4 is 30.9 Å². The predicted octanol–water partition coefficient (Wildman–Crippen LogP) is 2.88. The molecule has 6 heteroatoms. The Hall–Kier alpha value is -2.07. The number of aliphatic carboxylic acids is 1. The molecule has 0 saturated carbocycles. The number of rotatable bonds is 11. The Morgan fingerprint density at radius 2 is 1.54 bits per heavy atom. The molecule has 5 nitrogen and oxygen atoms in total. The largest absolute Gasteiger partial charge is 0.480 e. The summed E-state index contributed by atoms with van der Waals surface area (Å²) in [5.41, 5.74) is 5.19. The van der Waals surface area contributed by atoms with Crippen LogP contribution < -0.4 is 16.3 Å². The number of ketones is 1. The molecule has 152 valence electrons. The summed E-state index contributed by atoms with van der Waals surface area (Å²) in [4.78, 5) is 21.5. The highest BCUT2D eigenvalue weighted by Gasteiger charge is 2.15. The number of ether oxygens (including phenoxy) is 1. The van der Waals surface area contributed by atoms with Crippen LogP contribution in [0.15, 0.2) is 60.7 Å². The molecular weight excluding hydrogens is 373 g/mol. The molecule has 0 aliphatic rings. The molecule has 0 amide bonds.